The van der Waals surface area contributed by atoms with E-state index in [1.54, 1.807) is 6.07 Å². The number of aryl methyl sites for hydroxylation is 2. The summed E-state index contributed by atoms with van der Waals surface area (Å²) < 4.78 is 4.70. The number of hydrogen-bond donors (Lipinski definition) is 1. The van der Waals surface area contributed by atoms with Gasteiger partial charge in [-0.1, -0.05) is 12.1 Å². The molecular formula is C17H23N5O2. The van der Waals surface area contributed by atoms with E-state index >= 15 is 0 Å². The predicted molar refractivity (Wildman–Crippen MR) is 89.9 cm³/mol. The minimum absolute atomic E-state index is 0.188. The fraction of sp³-hybridized carbons (Fsp3) is 0.529. The molecule has 24 heavy (non-hydrogen) atoms. The van der Waals surface area contributed by atoms with E-state index in [-0.39, 0.29) is 5.91 Å². The lowest BCUT2D eigenvalue weighted by molar-refractivity contribution is 0.0936. The second-order valence-corrected chi connectivity index (χ2v) is 6.17. The topological polar surface area (TPSA) is 84.2 Å². The van der Waals surface area contributed by atoms with Crippen LogP contribution in [0.5, 0.6) is 0 Å². The highest BCUT2D eigenvalue weighted by Gasteiger charge is 2.22. The summed E-state index contributed by atoms with van der Waals surface area (Å²) in [6.07, 6.45) is 4.50. The first-order valence-corrected chi connectivity index (χ1v) is 8.43. The van der Waals surface area contributed by atoms with Crippen LogP contribution in [0.4, 0.5) is 5.82 Å². The number of nitrogens with zero attached hydrogens (tertiary/aromatic N) is 4. The first-order chi connectivity index (χ1) is 11.7. The molecule has 1 atom stereocenters. The molecular weight excluding hydrogens is 306 g/mol. The maximum Gasteiger partial charge on any atom is 0.273 e. The Balaban J connectivity index is 1.60. The summed E-state index contributed by atoms with van der Waals surface area (Å²) in [6, 6.07) is 3.64. The summed E-state index contributed by atoms with van der Waals surface area (Å²) in [4.78, 5) is 23.3. The molecule has 0 radical (unpaired) electrons. The van der Waals surface area contributed by atoms with E-state index in [4.69, 9.17) is 4.52 Å². The summed E-state index contributed by atoms with van der Waals surface area (Å²) in [7, 11) is 0. The van der Waals surface area contributed by atoms with Gasteiger partial charge in [-0.3, -0.25) is 4.79 Å². The smallest absolute Gasteiger partial charge is 0.273 e. The number of anilines is 1. The molecule has 1 fully saturated rings. The van der Waals surface area contributed by atoms with Gasteiger partial charge in [0.25, 0.3) is 5.91 Å². The van der Waals surface area contributed by atoms with Gasteiger partial charge in [0.1, 0.15) is 17.9 Å². The van der Waals surface area contributed by atoms with Crippen molar-refractivity contribution in [1.29, 1.82) is 0 Å². The van der Waals surface area contributed by atoms with Crippen molar-refractivity contribution in [1.82, 2.24) is 20.4 Å². The minimum atomic E-state index is -0.188. The van der Waals surface area contributed by atoms with Crippen LogP contribution in [0.3, 0.4) is 0 Å². The van der Waals surface area contributed by atoms with E-state index in [2.05, 4.69) is 38.3 Å². The molecule has 2 aromatic heterocycles. The van der Waals surface area contributed by atoms with E-state index in [0.717, 1.165) is 49.7 Å². The van der Waals surface area contributed by atoms with Crippen LogP contribution >= 0.6 is 0 Å². The second kappa shape index (κ2) is 7.42. The highest BCUT2D eigenvalue weighted by Crippen LogP contribution is 2.22. The lowest BCUT2D eigenvalue weighted by Gasteiger charge is -2.33. The van der Waals surface area contributed by atoms with Crippen LogP contribution in [0.25, 0.3) is 0 Å². The van der Waals surface area contributed by atoms with E-state index in [0.29, 0.717) is 18.2 Å². The number of nitrogens with one attached hydrogen (secondary N) is 1. The standard InChI is InChI=1S/C17H23N5O2/c1-3-14-9-16(20-12(2)19-14)22-7-4-5-13(11-22)10-18-17(23)15-6-8-24-21-15/h6,8-9,13H,3-5,7,10-11H2,1-2H3,(H,18,23). The molecule has 1 unspecified atom stereocenters. The monoisotopic (exact) mass is 329 g/mol. The number of amides is 1. The van der Waals surface area contributed by atoms with Crippen molar-refractivity contribution in [3.8, 4) is 0 Å². The highest BCUT2D eigenvalue weighted by atomic mass is 16.5. The van der Waals surface area contributed by atoms with Crippen LogP contribution in [0, 0.1) is 12.8 Å². The zero-order valence-electron chi connectivity index (χ0n) is 14.2. The first kappa shape index (κ1) is 16.4. The van der Waals surface area contributed by atoms with Crippen LogP contribution in [-0.2, 0) is 6.42 Å². The molecule has 0 bridgehead atoms. The third kappa shape index (κ3) is 3.90. The van der Waals surface area contributed by atoms with E-state index in [9.17, 15) is 4.79 Å². The molecule has 1 saturated heterocycles. The number of rotatable bonds is 5. The third-order valence-electron chi connectivity index (χ3n) is 4.30. The number of aromatic nitrogens is 3. The molecule has 0 saturated carbocycles. The number of carbonyl (C=O) groups excluding carboxylic acids is 1. The quantitative estimate of drug-likeness (QED) is 0.903. The average molecular weight is 329 g/mol. The molecule has 1 aliphatic heterocycles. The maximum atomic E-state index is 12.0. The molecule has 1 amide bonds. The van der Waals surface area contributed by atoms with Crippen LogP contribution < -0.4 is 10.2 Å². The molecule has 0 spiro atoms. The third-order valence-corrected chi connectivity index (χ3v) is 4.30. The SMILES string of the molecule is CCc1cc(N2CCCC(CNC(=O)c3ccon3)C2)nc(C)n1. The molecule has 7 heteroatoms. The summed E-state index contributed by atoms with van der Waals surface area (Å²) in [5.41, 5.74) is 1.39. The molecule has 0 aliphatic carbocycles. The molecule has 1 aliphatic rings. The fourth-order valence-electron chi connectivity index (χ4n) is 3.05. The second-order valence-electron chi connectivity index (χ2n) is 6.17. The maximum absolute atomic E-state index is 12.0. The van der Waals surface area contributed by atoms with Crippen LogP contribution in [0.1, 0.15) is 41.8 Å². The van der Waals surface area contributed by atoms with Crippen molar-refractivity contribution in [2.24, 2.45) is 5.92 Å². The van der Waals surface area contributed by atoms with Crippen LogP contribution in [-0.4, -0.2) is 40.7 Å². The van der Waals surface area contributed by atoms with Gasteiger partial charge in [-0.2, -0.15) is 0 Å². The summed E-state index contributed by atoms with van der Waals surface area (Å²) in [5.74, 6) is 2.01. The minimum Gasteiger partial charge on any atom is -0.364 e. The van der Waals surface area contributed by atoms with Gasteiger partial charge in [-0.05, 0) is 32.1 Å². The lowest BCUT2D eigenvalue weighted by Crippen LogP contribution is -2.41. The van der Waals surface area contributed by atoms with Crippen molar-refractivity contribution in [3.05, 3.63) is 35.6 Å². The largest absolute Gasteiger partial charge is 0.364 e. The van der Waals surface area contributed by atoms with Gasteiger partial charge in [-0.25, -0.2) is 9.97 Å². The zero-order valence-corrected chi connectivity index (χ0v) is 14.2. The molecule has 2 aromatic rings. The Morgan fingerprint density at radius 3 is 3.08 bits per heavy atom. The summed E-state index contributed by atoms with van der Waals surface area (Å²) in [5, 5.41) is 6.60. The van der Waals surface area contributed by atoms with Gasteiger partial charge in [-0.15, -0.1) is 0 Å². The summed E-state index contributed by atoms with van der Waals surface area (Å²) >= 11 is 0. The molecule has 7 nitrogen and oxygen atoms in total. The van der Waals surface area contributed by atoms with Crippen molar-refractivity contribution >= 4 is 11.7 Å². The van der Waals surface area contributed by atoms with Gasteiger partial charge in [0, 0.05) is 37.5 Å². The number of hydrogen-bond acceptors (Lipinski definition) is 6. The molecule has 3 heterocycles. The van der Waals surface area contributed by atoms with Crippen molar-refractivity contribution in [2.45, 2.75) is 33.1 Å². The molecule has 0 aromatic carbocycles. The Bertz CT molecular complexity index is 686. The van der Waals surface area contributed by atoms with Gasteiger partial charge in [0.2, 0.25) is 0 Å². The van der Waals surface area contributed by atoms with Crippen LogP contribution in [0.15, 0.2) is 22.9 Å². The highest BCUT2D eigenvalue weighted by molar-refractivity contribution is 5.91. The predicted octanol–water partition coefficient (Wildman–Crippen LogP) is 1.98. The van der Waals surface area contributed by atoms with Crippen molar-refractivity contribution in [3.63, 3.8) is 0 Å². The normalized spacial score (nSPS) is 17.8. The Morgan fingerprint density at radius 1 is 1.46 bits per heavy atom. The average Bonchev–Trinajstić information content (AvgIpc) is 3.14. The Morgan fingerprint density at radius 2 is 2.33 bits per heavy atom. The van der Waals surface area contributed by atoms with E-state index in [1.807, 2.05) is 6.92 Å². The summed E-state index contributed by atoms with van der Waals surface area (Å²) in [6.45, 7) is 6.55. The van der Waals surface area contributed by atoms with Crippen molar-refractivity contribution in [2.75, 3.05) is 24.5 Å². The number of carbonyl (C=O) groups is 1. The van der Waals surface area contributed by atoms with Crippen LogP contribution in [0.2, 0.25) is 0 Å². The first-order valence-electron chi connectivity index (χ1n) is 8.43. The van der Waals surface area contributed by atoms with Gasteiger partial charge in [0.05, 0.1) is 0 Å². The Hall–Kier alpha value is -2.44. The molecule has 3 rings (SSSR count). The Labute approximate surface area is 141 Å². The van der Waals surface area contributed by atoms with Gasteiger partial charge >= 0.3 is 0 Å². The van der Waals surface area contributed by atoms with Gasteiger partial charge in [0.15, 0.2) is 5.69 Å². The Kier molecular flexibility index (Phi) is 5.08. The van der Waals surface area contributed by atoms with E-state index < -0.39 is 0 Å². The molecule has 128 valence electrons. The molecule has 1 N–H and O–H groups in total. The lowest BCUT2D eigenvalue weighted by atomic mass is 9.98. The van der Waals surface area contributed by atoms with Crippen molar-refractivity contribution < 1.29 is 9.32 Å². The number of piperidine rings is 1. The van der Waals surface area contributed by atoms with Gasteiger partial charge < -0.3 is 14.7 Å². The van der Waals surface area contributed by atoms with E-state index in [1.165, 1.54) is 6.26 Å². The zero-order chi connectivity index (χ0) is 16.9. The fourth-order valence-corrected chi connectivity index (χ4v) is 3.05.